The standard InChI is InChI=1S/C24H22O2/c1-3-4-13-22(17-16-20-11-7-5-8-12-20)23(18-19(2)24(25)26)21-14-9-6-10-15-21/h3-18H,1H2,2H3,(H,25,26). The number of benzene rings is 2. The van der Waals surface area contributed by atoms with Crippen LogP contribution in [0.1, 0.15) is 18.1 Å². The first kappa shape index (κ1) is 18.9. The lowest BCUT2D eigenvalue weighted by molar-refractivity contribution is -0.132. The van der Waals surface area contributed by atoms with Gasteiger partial charge < -0.3 is 5.11 Å². The molecule has 26 heavy (non-hydrogen) atoms. The highest BCUT2D eigenvalue weighted by Crippen LogP contribution is 2.24. The lowest BCUT2D eigenvalue weighted by atomic mass is 9.96. The summed E-state index contributed by atoms with van der Waals surface area (Å²) in [6.45, 7) is 5.33. The third-order valence-electron chi connectivity index (χ3n) is 3.76. The molecule has 0 radical (unpaired) electrons. The van der Waals surface area contributed by atoms with Gasteiger partial charge in [-0.1, -0.05) is 97.6 Å². The van der Waals surface area contributed by atoms with Crippen LogP contribution >= 0.6 is 0 Å². The lowest BCUT2D eigenvalue weighted by Crippen LogP contribution is -1.97. The van der Waals surface area contributed by atoms with Gasteiger partial charge in [-0.15, -0.1) is 0 Å². The highest BCUT2D eigenvalue weighted by Gasteiger charge is 2.07. The Hall–Kier alpha value is -3.39. The van der Waals surface area contributed by atoms with E-state index in [-0.39, 0.29) is 5.57 Å². The summed E-state index contributed by atoms with van der Waals surface area (Å²) in [7, 11) is 0. The zero-order valence-electron chi connectivity index (χ0n) is 14.8. The molecule has 2 nitrogen and oxygen atoms in total. The van der Waals surface area contributed by atoms with Crippen molar-refractivity contribution in [2.75, 3.05) is 0 Å². The maximum absolute atomic E-state index is 11.3. The van der Waals surface area contributed by atoms with E-state index in [1.807, 2.05) is 85.0 Å². The van der Waals surface area contributed by atoms with Gasteiger partial charge in [-0.25, -0.2) is 4.79 Å². The van der Waals surface area contributed by atoms with Gasteiger partial charge in [0.25, 0.3) is 0 Å². The molecule has 0 fully saturated rings. The number of carboxylic acids is 1. The molecule has 0 unspecified atom stereocenters. The minimum Gasteiger partial charge on any atom is -0.478 e. The van der Waals surface area contributed by atoms with Crippen LogP contribution in [0.4, 0.5) is 0 Å². The first-order valence-electron chi connectivity index (χ1n) is 8.35. The third kappa shape index (κ3) is 5.60. The molecule has 0 heterocycles. The van der Waals surface area contributed by atoms with Crippen molar-refractivity contribution >= 4 is 17.6 Å². The van der Waals surface area contributed by atoms with Gasteiger partial charge in [-0.2, -0.15) is 0 Å². The Morgan fingerprint density at radius 1 is 0.962 bits per heavy atom. The van der Waals surface area contributed by atoms with Crippen LogP contribution in [0.2, 0.25) is 0 Å². The van der Waals surface area contributed by atoms with Crippen molar-refractivity contribution < 1.29 is 9.90 Å². The van der Waals surface area contributed by atoms with Crippen LogP contribution < -0.4 is 0 Å². The Morgan fingerprint density at radius 2 is 1.58 bits per heavy atom. The summed E-state index contributed by atoms with van der Waals surface area (Å²) >= 11 is 0. The number of allylic oxidation sites excluding steroid dienone is 7. The third-order valence-corrected chi connectivity index (χ3v) is 3.76. The molecular formula is C24H22O2. The second-order valence-electron chi connectivity index (χ2n) is 5.71. The molecule has 0 aromatic heterocycles. The zero-order valence-corrected chi connectivity index (χ0v) is 14.8. The predicted octanol–water partition coefficient (Wildman–Crippen LogP) is 5.93. The Labute approximate surface area is 154 Å². The number of carbonyl (C=O) groups is 1. The maximum Gasteiger partial charge on any atom is 0.331 e. The van der Waals surface area contributed by atoms with Crippen molar-refractivity contribution in [2.45, 2.75) is 6.92 Å². The predicted molar refractivity (Wildman–Crippen MR) is 110 cm³/mol. The molecule has 2 heteroatoms. The van der Waals surface area contributed by atoms with Gasteiger partial charge in [0.05, 0.1) is 0 Å². The number of aliphatic carboxylic acids is 1. The monoisotopic (exact) mass is 342 g/mol. The van der Waals surface area contributed by atoms with Gasteiger partial charge in [-0.05, 0) is 35.3 Å². The molecule has 0 saturated carbocycles. The van der Waals surface area contributed by atoms with Crippen molar-refractivity contribution in [2.24, 2.45) is 0 Å². The molecule has 0 aliphatic rings. The average molecular weight is 342 g/mol. The van der Waals surface area contributed by atoms with Crippen molar-refractivity contribution in [3.63, 3.8) is 0 Å². The van der Waals surface area contributed by atoms with Gasteiger partial charge in [0.2, 0.25) is 0 Å². The van der Waals surface area contributed by atoms with Crippen molar-refractivity contribution in [3.05, 3.63) is 120 Å². The van der Waals surface area contributed by atoms with Gasteiger partial charge in [0, 0.05) is 5.57 Å². The fourth-order valence-corrected chi connectivity index (χ4v) is 2.39. The van der Waals surface area contributed by atoms with E-state index in [1.165, 1.54) is 0 Å². The summed E-state index contributed by atoms with van der Waals surface area (Å²) in [5, 5.41) is 9.30. The smallest absolute Gasteiger partial charge is 0.331 e. The molecular weight excluding hydrogens is 320 g/mol. The van der Waals surface area contributed by atoms with Crippen LogP contribution in [-0.2, 0) is 4.79 Å². The summed E-state index contributed by atoms with van der Waals surface area (Å²) < 4.78 is 0. The normalized spacial score (nSPS) is 13.0. The largest absolute Gasteiger partial charge is 0.478 e. The van der Waals surface area contributed by atoms with Crippen LogP contribution in [0, 0.1) is 0 Å². The average Bonchev–Trinajstić information content (AvgIpc) is 2.68. The molecule has 2 aromatic rings. The molecule has 130 valence electrons. The molecule has 0 spiro atoms. The number of hydrogen-bond acceptors (Lipinski definition) is 1. The summed E-state index contributed by atoms with van der Waals surface area (Å²) in [6, 6.07) is 19.7. The van der Waals surface area contributed by atoms with E-state index in [0.717, 1.165) is 22.3 Å². The molecule has 2 aromatic carbocycles. The van der Waals surface area contributed by atoms with Crippen LogP contribution in [0.3, 0.4) is 0 Å². The molecule has 0 atom stereocenters. The summed E-state index contributed by atoms with van der Waals surface area (Å²) in [6.07, 6.45) is 11.2. The minimum absolute atomic E-state index is 0.279. The first-order valence-corrected chi connectivity index (χ1v) is 8.35. The van der Waals surface area contributed by atoms with E-state index in [0.29, 0.717) is 0 Å². The van der Waals surface area contributed by atoms with E-state index < -0.39 is 5.97 Å². The van der Waals surface area contributed by atoms with E-state index in [2.05, 4.69) is 6.58 Å². The van der Waals surface area contributed by atoms with Crippen molar-refractivity contribution in [1.82, 2.24) is 0 Å². The summed E-state index contributed by atoms with van der Waals surface area (Å²) in [5.74, 6) is -0.933. The van der Waals surface area contributed by atoms with E-state index in [9.17, 15) is 9.90 Å². The van der Waals surface area contributed by atoms with Gasteiger partial charge in [0.1, 0.15) is 0 Å². The first-order chi connectivity index (χ1) is 12.6. The summed E-state index contributed by atoms with van der Waals surface area (Å²) in [4.78, 5) is 11.3. The number of carboxylic acid groups (broad SMARTS) is 1. The van der Waals surface area contributed by atoms with Gasteiger partial charge in [-0.3, -0.25) is 0 Å². The summed E-state index contributed by atoms with van der Waals surface area (Å²) in [5.41, 5.74) is 4.05. The van der Waals surface area contributed by atoms with E-state index in [4.69, 9.17) is 0 Å². The zero-order chi connectivity index (χ0) is 18.8. The van der Waals surface area contributed by atoms with Crippen molar-refractivity contribution in [1.29, 1.82) is 0 Å². The fraction of sp³-hybridized carbons (Fsp3) is 0.0417. The maximum atomic E-state index is 11.3. The van der Waals surface area contributed by atoms with Gasteiger partial charge in [0.15, 0.2) is 0 Å². The second kappa shape index (κ2) is 9.80. The quantitative estimate of drug-likeness (QED) is 0.500. The van der Waals surface area contributed by atoms with E-state index >= 15 is 0 Å². The molecule has 1 N–H and O–H groups in total. The second-order valence-corrected chi connectivity index (χ2v) is 5.71. The minimum atomic E-state index is -0.933. The molecule has 0 aliphatic heterocycles. The Bertz CT molecular complexity index is 867. The number of hydrogen-bond donors (Lipinski definition) is 1. The highest BCUT2D eigenvalue weighted by molar-refractivity contribution is 5.92. The van der Waals surface area contributed by atoms with Crippen LogP contribution in [0.5, 0.6) is 0 Å². The fourth-order valence-electron chi connectivity index (χ4n) is 2.39. The lowest BCUT2D eigenvalue weighted by Gasteiger charge is -2.08. The topological polar surface area (TPSA) is 37.3 Å². The molecule has 0 amide bonds. The molecule has 2 rings (SSSR count). The van der Waals surface area contributed by atoms with Gasteiger partial charge >= 0.3 is 5.97 Å². The van der Waals surface area contributed by atoms with Crippen LogP contribution in [-0.4, -0.2) is 11.1 Å². The van der Waals surface area contributed by atoms with Crippen LogP contribution in [0.15, 0.2) is 109 Å². The highest BCUT2D eigenvalue weighted by atomic mass is 16.4. The van der Waals surface area contributed by atoms with Crippen molar-refractivity contribution in [3.8, 4) is 0 Å². The van der Waals surface area contributed by atoms with Crippen LogP contribution in [0.25, 0.3) is 11.6 Å². The molecule has 0 aliphatic carbocycles. The van der Waals surface area contributed by atoms with E-state index in [1.54, 1.807) is 19.1 Å². The molecule has 0 saturated heterocycles. The number of rotatable bonds is 7. The molecule has 0 bridgehead atoms. The Balaban J connectivity index is 2.63. The SMILES string of the molecule is C=CC=CC(C=Cc1ccccc1)=C(C=C(C)C(=O)O)c1ccccc1. The Morgan fingerprint density at radius 3 is 2.15 bits per heavy atom. The Kier molecular flexibility index (Phi) is 7.14.